The van der Waals surface area contributed by atoms with Crippen LogP contribution in [0.25, 0.3) is 16.6 Å². The zero-order chi connectivity index (χ0) is 91.7. The van der Waals surface area contributed by atoms with Crippen LogP contribution in [-0.4, -0.2) is 227 Å². The van der Waals surface area contributed by atoms with Crippen LogP contribution >= 0.6 is 0 Å². The van der Waals surface area contributed by atoms with E-state index in [9.17, 15) is 71.9 Å². The van der Waals surface area contributed by atoms with Crippen LogP contribution < -0.4 is 31.9 Å². The number of hydrogen-bond donors (Lipinski definition) is 9. The third-order valence-electron chi connectivity index (χ3n) is 20.0. The summed E-state index contributed by atoms with van der Waals surface area (Å²) in [5.74, 6) is -8.02. The van der Waals surface area contributed by atoms with Crippen LogP contribution in [0.1, 0.15) is 160 Å². The van der Waals surface area contributed by atoms with Gasteiger partial charge >= 0.3 is 54.1 Å². The number of nitrogens with one attached hydrogen (secondary N) is 6. The molecule has 0 spiro atoms. The van der Waals surface area contributed by atoms with Crippen LogP contribution in [0.4, 0.5) is 48.9 Å². The van der Waals surface area contributed by atoms with Gasteiger partial charge in [0.25, 0.3) is 35.4 Å². The molecule has 6 aromatic heterocycles. The van der Waals surface area contributed by atoms with Crippen molar-refractivity contribution in [2.75, 3.05) is 49.4 Å². The van der Waals surface area contributed by atoms with E-state index in [0.29, 0.717) is 178 Å². The molecule has 1 aliphatic heterocycles. The van der Waals surface area contributed by atoms with Crippen molar-refractivity contribution in [3.8, 4) is 0 Å². The number of ether oxygens (including phenoxy) is 6. The van der Waals surface area contributed by atoms with Crippen molar-refractivity contribution in [1.29, 1.82) is 0 Å². The number of fused-ring (bicyclic) bond motifs is 3. The first kappa shape index (κ1) is 90.8. The highest BCUT2D eigenvalue weighted by Crippen LogP contribution is 2.37. The number of carboxylic acid groups (broad SMARTS) is 3. The lowest BCUT2D eigenvalue weighted by molar-refractivity contribution is -0.147. The fourth-order valence-corrected chi connectivity index (χ4v) is 12.7. The molecule has 4 fully saturated rings. The van der Waals surface area contributed by atoms with E-state index in [1.165, 1.54) is 51.1 Å². The second kappa shape index (κ2) is 40.7. The van der Waals surface area contributed by atoms with Crippen LogP contribution in [0.3, 0.4) is 0 Å². The molecular weight excluding hydrogens is 1670 g/mol. The SMILES string of the molecule is CCCNC(=O)c1ccc(C)c(Nc2ncnn3cc(C(=O)N(C(=O)OCOC(=O)/C=C/C(=O)O)C4CC4)c(C)c23)c1.Cc1ccc(C(=O)NC2=NCC=C2)cc1Nc1ncnn2cc(C(=O)N(C(=O)OCOC(=O)/C=C/C(=O)O)C3CC3)c(C)c12.Cc1ccc(C(=O)NC2CC2)cc1Nc1ncnn2cc(C(=O)N(C(=O)OCOC(=O)/C=C/C(=O)O)C3CC3)c(C)c12. The predicted molar refractivity (Wildman–Crippen MR) is 449 cm³/mol. The molecule has 43 nitrogen and oxygen atoms in total. The van der Waals surface area contributed by atoms with Crippen molar-refractivity contribution in [3.63, 3.8) is 0 Å². The lowest BCUT2D eigenvalue weighted by Crippen LogP contribution is -2.39. The van der Waals surface area contributed by atoms with Gasteiger partial charge in [-0.15, -0.1) is 0 Å². The number of benzene rings is 3. The van der Waals surface area contributed by atoms with Gasteiger partial charge in [0.2, 0.25) is 20.4 Å². The van der Waals surface area contributed by atoms with Crippen LogP contribution in [0, 0.1) is 41.5 Å². The number of nitrogens with zero attached hydrogens (tertiary/aromatic N) is 13. The lowest BCUT2D eigenvalue weighted by atomic mass is 10.1. The van der Waals surface area contributed by atoms with E-state index in [1.54, 1.807) is 69.3 Å². The molecule has 0 saturated heterocycles. The number of amides is 9. The van der Waals surface area contributed by atoms with E-state index in [1.807, 2.05) is 45.9 Å². The van der Waals surface area contributed by atoms with E-state index in [2.05, 4.69) is 81.4 Å². The first-order valence-electron chi connectivity index (χ1n) is 39.8. The molecule has 7 heterocycles. The van der Waals surface area contributed by atoms with Crippen molar-refractivity contribution in [1.82, 2.24) is 74.4 Å². The smallest absolute Gasteiger partial charge is 0.419 e. The topological polar surface area (TPSA) is 557 Å². The number of rotatable bonds is 30. The maximum Gasteiger partial charge on any atom is 0.419 e. The minimum Gasteiger partial charge on any atom is -0.478 e. The van der Waals surface area contributed by atoms with E-state index in [-0.39, 0.29) is 52.5 Å². The average Bonchev–Trinajstić information content (AvgIpc) is 1.62. The van der Waals surface area contributed by atoms with Gasteiger partial charge in [0.1, 0.15) is 41.4 Å². The number of aliphatic imine (C=N–C) groups is 1. The molecule has 9 N–H and O–H groups in total. The number of aryl methyl sites for hydroxylation is 6. The normalized spacial score (nSPS) is 13.7. The molecule has 43 heteroatoms. The Morgan fingerprint density at radius 3 is 1.08 bits per heavy atom. The van der Waals surface area contributed by atoms with Gasteiger partial charge in [0.15, 0.2) is 17.5 Å². The van der Waals surface area contributed by atoms with E-state index in [4.69, 9.17) is 29.5 Å². The Hall–Kier alpha value is -16.4. The molecular formula is C85H85N19O24. The summed E-state index contributed by atoms with van der Waals surface area (Å²) in [7, 11) is 0. The van der Waals surface area contributed by atoms with Crippen LogP contribution in [0.2, 0.25) is 0 Å². The van der Waals surface area contributed by atoms with Gasteiger partial charge in [-0.2, -0.15) is 15.3 Å². The predicted octanol–water partition coefficient (Wildman–Crippen LogP) is 8.65. The number of aliphatic carboxylic acids is 3. The number of carbonyl (C=O) groups excluding carboxylic acids is 12. The molecule has 5 aliphatic rings. The van der Waals surface area contributed by atoms with Crippen molar-refractivity contribution < 1.29 is 116 Å². The standard InChI is InChI=1S/C29H27N7O8.C28H28N6O8.C28H30N6O8/c1-16-5-6-18(27(40)34-22-4-3-11-30-22)12-21(16)33-26-25-17(2)20(13-35(25)32-14-31-26)28(41)36(19-7-8-19)29(42)44-15-43-24(39)10-9-23(37)38;1-15-3-4-17(26(38)31-18-5-6-18)11-21(15)32-25-24-16(2)20(12-33(24)30-13-29-25)27(39)34(19-7-8-19)28(40)42-14-41-23(37)10-9-22(35)36;1-4-11-29-26(38)18-6-5-16(2)21(12-18)32-25-24-17(3)20(13-33(24)31-14-30-25)27(39)34(19-7-8-19)28(40)42-15-41-23(37)10-9-22(35)36/h3-6,9-10,12-14,19H,7-8,11,15H2,1-2H3,(H,37,38)(H,30,34,40)(H,31,32,33);3-4,9-13,18-19H,5-8,14H2,1-2H3,(H,31,38)(H,35,36)(H,29,30,32);5-6,9-10,12-14,19H,4,7-8,11,15H2,1-3H3,(H,29,38)(H,35,36)(H,30,31,32)/b3*10-9+. The van der Waals surface area contributed by atoms with E-state index in [0.717, 1.165) is 50.7 Å². The van der Waals surface area contributed by atoms with Gasteiger partial charge in [0.05, 0.1) is 23.2 Å². The summed E-state index contributed by atoms with van der Waals surface area (Å²) in [4.78, 5) is 203. The molecule has 4 saturated carbocycles. The first-order chi connectivity index (χ1) is 61.3. The Balaban J connectivity index is 0.000000174. The summed E-state index contributed by atoms with van der Waals surface area (Å²) in [5, 5.41) is 56.7. The number of anilines is 6. The first-order valence-corrected chi connectivity index (χ1v) is 39.8. The maximum atomic E-state index is 13.6. The van der Waals surface area contributed by atoms with Gasteiger partial charge < -0.3 is 75.6 Å². The molecule has 9 amide bonds. The molecule has 0 atom stereocenters. The largest absolute Gasteiger partial charge is 0.478 e. The molecule has 128 heavy (non-hydrogen) atoms. The van der Waals surface area contributed by atoms with Gasteiger partial charge in [-0.05, 0) is 175 Å². The van der Waals surface area contributed by atoms with E-state index >= 15 is 0 Å². The molecule has 4 aliphatic carbocycles. The van der Waals surface area contributed by atoms with Crippen LogP contribution in [-0.2, 0) is 57.2 Å². The Morgan fingerprint density at radius 1 is 0.438 bits per heavy atom. The Kier molecular flexibility index (Phi) is 28.9. The zero-order valence-electron chi connectivity index (χ0n) is 69.7. The van der Waals surface area contributed by atoms with E-state index < -0.39 is 98.2 Å². The molecule has 0 unspecified atom stereocenters. The van der Waals surface area contributed by atoms with Crippen LogP contribution in [0.5, 0.6) is 0 Å². The second-order valence-electron chi connectivity index (χ2n) is 29.5. The van der Waals surface area contributed by atoms with Crippen LogP contribution in [0.15, 0.2) is 146 Å². The summed E-state index contributed by atoms with van der Waals surface area (Å²) in [5.41, 5.74) is 9.36. The number of aromatic nitrogens is 9. The summed E-state index contributed by atoms with van der Waals surface area (Å²) >= 11 is 0. The number of amidine groups is 1. The molecule has 14 rings (SSSR count). The van der Waals surface area contributed by atoms with Crippen molar-refractivity contribution >= 4 is 146 Å². The minimum absolute atomic E-state index is 0.154. The summed E-state index contributed by atoms with van der Waals surface area (Å²) in [6.07, 6.45) is 19.0. The van der Waals surface area contributed by atoms with Crippen molar-refractivity contribution in [2.45, 2.75) is 130 Å². The van der Waals surface area contributed by atoms with Gasteiger partial charge in [0, 0.05) is 120 Å². The number of carbonyl (C=O) groups is 15. The monoisotopic (exact) mass is 1760 g/mol. The lowest BCUT2D eigenvalue weighted by Gasteiger charge is -2.19. The Morgan fingerprint density at radius 2 is 0.773 bits per heavy atom. The highest BCUT2D eigenvalue weighted by atomic mass is 16.7. The summed E-state index contributed by atoms with van der Waals surface area (Å²) in [6, 6.07) is 14.8. The molecule has 0 radical (unpaired) electrons. The summed E-state index contributed by atoms with van der Waals surface area (Å²) < 4.78 is 33.3. The molecule has 664 valence electrons. The number of esters is 3. The minimum atomic E-state index is -1.35. The van der Waals surface area contributed by atoms with Gasteiger partial charge in [-0.25, -0.2) is 86.3 Å². The molecule has 0 bridgehead atoms. The highest BCUT2D eigenvalue weighted by Gasteiger charge is 2.43. The van der Waals surface area contributed by atoms with Crippen molar-refractivity contribution in [2.24, 2.45) is 4.99 Å². The highest BCUT2D eigenvalue weighted by molar-refractivity contribution is 6.12. The molecule has 3 aromatic carbocycles. The number of hydrogen-bond acceptors (Lipinski definition) is 31. The second-order valence-corrected chi connectivity index (χ2v) is 29.5. The number of carboxylic acids is 3. The Labute approximate surface area is 725 Å². The summed E-state index contributed by atoms with van der Waals surface area (Å²) in [6.45, 7) is 11.4. The fraction of sp³-hybridized carbons (Fsp3) is 0.294. The average molecular weight is 1760 g/mol. The fourth-order valence-electron chi connectivity index (χ4n) is 12.7. The van der Waals surface area contributed by atoms with Gasteiger partial charge in [-0.3, -0.25) is 33.8 Å². The third-order valence-corrected chi connectivity index (χ3v) is 20.0. The zero-order valence-corrected chi connectivity index (χ0v) is 69.7. The quantitative estimate of drug-likeness (QED) is 0.00879. The maximum absolute atomic E-state index is 13.6. The number of imide groups is 3. The van der Waals surface area contributed by atoms with Gasteiger partial charge in [-0.1, -0.05) is 31.2 Å². The molecule has 9 aromatic rings. The third kappa shape index (κ3) is 23.1. The van der Waals surface area contributed by atoms with Crippen molar-refractivity contribution in [3.05, 3.63) is 208 Å². The Bertz CT molecular complexity index is 6120.